The molecule has 1 fully saturated rings. The number of amides is 3. The van der Waals surface area contributed by atoms with Gasteiger partial charge in [0.15, 0.2) is 0 Å². The van der Waals surface area contributed by atoms with Crippen molar-refractivity contribution < 1.29 is 14.4 Å². The number of H-pyrrole nitrogens is 1. The summed E-state index contributed by atoms with van der Waals surface area (Å²) in [4.78, 5) is 42.2. The topological polar surface area (TPSA) is 94.3 Å². The van der Waals surface area contributed by atoms with Crippen LogP contribution in [-0.4, -0.2) is 41.8 Å². The summed E-state index contributed by atoms with van der Waals surface area (Å²) in [6, 6.07) is 16.7. The van der Waals surface area contributed by atoms with E-state index in [0.29, 0.717) is 19.5 Å². The number of nitrogens with zero attached hydrogens (tertiary/aromatic N) is 1. The maximum atomic E-state index is 12.6. The molecule has 160 valence electrons. The smallest absolute Gasteiger partial charge is 0.242 e. The molecule has 0 aliphatic carbocycles. The second kappa shape index (κ2) is 9.04. The van der Waals surface area contributed by atoms with Crippen molar-refractivity contribution in [3.05, 3.63) is 66.4 Å². The summed E-state index contributed by atoms with van der Waals surface area (Å²) < 4.78 is 0. The van der Waals surface area contributed by atoms with Crippen molar-refractivity contribution in [2.24, 2.45) is 5.92 Å². The predicted molar refractivity (Wildman–Crippen MR) is 120 cm³/mol. The molecule has 2 aromatic carbocycles. The van der Waals surface area contributed by atoms with Crippen LogP contribution in [0, 0.1) is 5.92 Å². The van der Waals surface area contributed by atoms with E-state index in [-0.39, 0.29) is 24.1 Å². The molecule has 0 bridgehead atoms. The third-order valence-electron chi connectivity index (χ3n) is 5.68. The number of aromatic amines is 1. The van der Waals surface area contributed by atoms with Gasteiger partial charge in [0.05, 0.1) is 5.92 Å². The summed E-state index contributed by atoms with van der Waals surface area (Å²) in [5.41, 5.74) is 2.99. The Morgan fingerprint density at radius 1 is 1.13 bits per heavy atom. The van der Waals surface area contributed by atoms with Crippen LogP contribution in [-0.2, 0) is 20.8 Å². The average Bonchev–Trinajstić information content (AvgIpc) is 3.38. The molecular formula is C24H26N4O3. The summed E-state index contributed by atoms with van der Waals surface area (Å²) in [5, 5.41) is 6.78. The van der Waals surface area contributed by atoms with Gasteiger partial charge in [0.2, 0.25) is 17.7 Å². The Bertz CT molecular complexity index is 1090. The molecule has 1 aromatic heterocycles. The lowest BCUT2D eigenvalue weighted by Gasteiger charge is -2.18. The van der Waals surface area contributed by atoms with Gasteiger partial charge < -0.3 is 20.5 Å². The number of hydrogen-bond acceptors (Lipinski definition) is 3. The lowest BCUT2D eigenvalue weighted by Crippen LogP contribution is -2.47. The lowest BCUT2D eigenvalue weighted by molar-refractivity contribution is -0.130. The molecule has 1 saturated heterocycles. The van der Waals surface area contributed by atoms with E-state index in [9.17, 15) is 14.4 Å². The van der Waals surface area contributed by atoms with E-state index in [2.05, 4.69) is 15.6 Å². The molecule has 7 nitrogen and oxygen atoms in total. The van der Waals surface area contributed by atoms with Crippen LogP contribution in [0.25, 0.3) is 10.9 Å². The van der Waals surface area contributed by atoms with Crippen molar-refractivity contribution in [2.75, 3.05) is 18.0 Å². The Kier molecular flexibility index (Phi) is 6.02. The Morgan fingerprint density at radius 2 is 1.87 bits per heavy atom. The fourth-order valence-corrected chi connectivity index (χ4v) is 3.95. The third kappa shape index (κ3) is 4.60. The predicted octanol–water partition coefficient (Wildman–Crippen LogP) is 2.38. The van der Waals surface area contributed by atoms with Gasteiger partial charge in [0.1, 0.15) is 6.04 Å². The Labute approximate surface area is 180 Å². The second-order valence-electron chi connectivity index (χ2n) is 7.87. The molecular weight excluding hydrogens is 392 g/mol. The number of carbonyl (C=O) groups excluding carboxylic acids is 3. The van der Waals surface area contributed by atoms with Gasteiger partial charge in [-0.15, -0.1) is 0 Å². The molecule has 2 atom stereocenters. The minimum Gasteiger partial charge on any atom is -0.361 e. The van der Waals surface area contributed by atoms with Gasteiger partial charge in [-0.25, -0.2) is 0 Å². The summed E-state index contributed by atoms with van der Waals surface area (Å²) in [5.74, 6) is -1.06. The number of hydrogen-bond donors (Lipinski definition) is 3. The van der Waals surface area contributed by atoms with Crippen LogP contribution in [0.4, 0.5) is 5.69 Å². The van der Waals surface area contributed by atoms with E-state index in [4.69, 9.17) is 0 Å². The SMILES string of the molecule is C[C@@H](NC(=O)[C@@H]1CC(=O)N(c2ccccc2)C1)C(=O)NCCc1c[nH]c2ccccc12. The van der Waals surface area contributed by atoms with E-state index in [0.717, 1.165) is 22.2 Å². The Morgan fingerprint density at radius 3 is 2.68 bits per heavy atom. The third-order valence-corrected chi connectivity index (χ3v) is 5.68. The lowest BCUT2D eigenvalue weighted by atomic mass is 10.1. The average molecular weight is 418 g/mol. The zero-order valence-electron chi connectivity index (χ0n) is 17.4. The highest BCUT2D eigenvalue weighted by molar-refractivity contribution is 6.01. The van der Waals surface area contributed by atoms with Crippen molar-refractivity contribution in [1.82, 2.24) is 15.6 Å². The first-order valence-electron chi connectivity index (χ1n) is 10.5. The van der Waals surface area contributed by atoms with Crippen molar-refractivity contribution in [3.8, 4) is 0 Å². The van der Waals surface area contributed by atoms with E-state index >= 15 is 0 Å². The number of fused-ring (bicyclic) bond motifs is 1. The summed E-state index contributed by atoms with van der Waals surface area (Å²) in [7, 11) is 0. The van der Waals surface area contributed by atoms with E-state index in [1.807, 2.05) is 60.8 Å². The molecule has 1 aliphatic rings. The van der Waals surface area contributed by atoms with Crippen LogP contribution in [0.15, 0.2) is 60.8 Å². The molecule has 0 saturated carbocycles. The number of anilines is 1. The number of carbonyl (C=O) groups is 3. The highest BCUT2D eigenvalue weighted by atomic mass is 16.2. The largest absolute Gasteiger partial charge is 0.361 e. The fraction of sp³-hybridized carbons (Fsp3) is 0.292. The van der Waals surface area contributed by atoms with Gasteiger partial charge in [-0.05, 0) is 37.1 Å². The second-order valence-corrected chi connectivity index (χ2v) is 7.87. The number of para-hydroxylation sites is 2. The highest BCUT2D eigenvalue weighted by Gasteiger charge is 2.35. The van der Waals surface area contributed by atoms with Gasteiger partial charge in [0.25, 0.3) is 0 Å². The van der Waals surface area contributed by atoms with Crippen LogP contribution in [0.2, 0.25) is 0 Å². The van der Waals surface area contributed by atoms with Gasteiger partial charge in [-0.2, -0.15) is 0 Å². The fourth-order valence-electron chi connectivity index (χ4n) is 3.95. The monoisotopic (exact) mass is 418 g/mol. The van der Waals surface area contributed by atoms with Gasteiger partial charge in [-0.1, -0.05) is 36.4 Å². The first kappa shape index (κ1) is 20.7. The standard InChI is InChI=1S/C24H26N4O3/c1-16(23(30)25-12-11-17-14-26-21-10-6-5-9-20(17)21)27-24(31)18-13-22(29)28(15-18)19-7-3-2-4-8-19/h2-10,14,16,18,26H,11-13,15H2,1H3,(H,25,30)(H,27,31)/t16-,18-/m1/s1. The first-order chi connectivity index (χ1) is 15.0. The van der Waals surface area contributed by atoms with Crippen molar-refractivity contribution in [2.45, 2.75) is 25.8 Å². The van der Waals surface area contributed by atoms with Gasteiger partial charge >= 0.3 is 0 Å². The molecule has 31 heavy (non-hydrogen) atoms. The summed E-state index contributed by atoms with van der Waals surface area (Å²) in [6.07, 6.45) is 2.80. The molecule has 2 heterocycles. The molecule has 3 aromatic rings. The van der Waals surface area contributed by atoms with Crippen molar-refractivity contribution in [1.29, 1.82) is 0 Å². The van der Waals surface area contributed by atoms with Crippen LogP contribution in [0.3, 0.4) is 0 Å². The summed E-state index contributed by atoms with van der Waals surface area (Å²) in [6.45, 7) is 2.46. The zero-order valence-corrected chi connectivity index (χ0v) is 17.4. The first-order valence-corrected chi connectivity index (χ1v) is 10.5. The van der Waals surface area contributed by atoms with Crippen molar-refractivity contribution >= 4 is 34.3 Å². The molecule has 3 N–H and O–H groups in total. The van der Waals surface area contributed by atoms with E-state index < -0.39 is 12.0 Å². The maximum Gasteiger partial charge on any atom is 0.242 e. The number of nitrogens with one attached hydrogen (secondary N) is 3. The maximum absolute atomic E-state index is 12.6. The normalized spacial score (nSPS) is 17.0. The molecule has 0 spiro atoms. The van der Waals surface area contributed by atoms with E-state index in [1.165, 1.54) is 0 Å². The zero-order chi connectivity index (χ0) is 21.8. The van der Waals surface area contributed by atoms with E-state index in [1.54, 1.807) is 11.8 Å². The summed E-state index contributed by atoms with van der Waals surface area (Å²) >= 11 is 0. The number of benzene rings is 2. The molecule has 4 rings (SSSR count). The van der Waals surface area contributed by atoms with Gasteiger partial charge in [-0.3, -0.25) is 14.4 Å². The van der Waals surface area contributed by atoms with Crippen LogP contribution < -0.4 is 15.5 Å². The van der Waals surface area contributed by atoms with Crippen LogP contribution in [0.5, 0.6) is 0 Å². The minimum atomic E-state index is -0.670. The Balaban J connectivity index is 1.26. The number of rotatable bonds is 7. The minimum absolute atomic E-state index is 0.0813. The quantitative estimate of drug-likeness (QED) is 0.550. The Hall–Kier alpha value is -3.61. The van der Waals surface area contributed by atoms with Gasteiger partial charge in [0, 0.05) is 42.3 Å². The highest BCUT2D eigenvalue weighted by Crippen LogP contribution is 2.25. The molecule has 7 heteroatoms. The molecule has 0 radical (unpaired) electrons. The van der Waals surface area contributed by atoms with Crippen LogP contribution in [0.1, 0.15) is 18.9 Å². The van der Waals surface area contributed by atoms with Crippen LogP contribution >= 0.6 is 0 Å². The number of aromatic nitrogens is 1. The van der Waals surface area contributed by atoms with Crippen molar-refractivity contribution in [3.63, 3.8) is 0 Å². The molecule has 3 amide bonds. The molecule has 1 aliphatic heterocycles. The molecule has 0 unspecified atom stereocenters.